The average Bonchev–Trinajstić information content (AvgIpc) is 3.16. The van der Waals surface area contributed by atoms with Crippen molar-refractivity contribution in [3.05, 3.63) is 52.7 Å². The van der Waals surface area contributed by atoms with Gasteiger partial charge in [-0.15, -0.1) is 21.5 Å². The molecule has 1 N–H and O–H groups in total. The second-order valence-electron chi connectivity index (χ2n) is 5.94. The topological polar surface area (TPSA) is 68.0 Å². The van der Waals surface area contributed by atoms with Crippen molar-refractivity contribution in [3.63, 3.8) is 0 Å². The number of aryl methyl sites for hydroxylation is 1. The molecule has 0 aliphatic heterocycles. The summed E-state index contributed by atoms with van der Waals surface area (Å²) in [5, 5.41) is 12.9. The molecule has 5 nitrogen and oxygen atoms in total. The molecule has 0 bridgehead atoms. The third-order valence-electron chi connectivity index (χ3n) is 3.67. The summed E-state index contributed by atoms with van der Waals surface area (Å²) in [4.78, 5) is 13.1. The van der Waals surface area contributed by atoms with E-state index in [4.69, 9.17) is 4.42 Å². The summed E-state index contributed by atoms with van der Waals surface area (Å²) in [6.07, 6.45) is 0.0589. The van der Waals surface area contributed by atoms with Crippen LogP contribution in [0.4, 0.5) is 5.69 Å². The molecule has 1 aromatic carbocycles. The predicted molar refractivity (Wildman–Crippen MR) is 95.2 cm³/mol. The van der Waals surface area contributed by atoms with Crippen LogP contribution >= 0.6 is 11.3 Å². The van der Waals surface area contributed by atoms with Gasteiger partial charge in [-0.2, -0.15) is 0 Å². The largest absolute Gasteiger partial charge is 0.419 e. The number of nitrogens with zero attached hydrogens (tertiary/aromatic N) is 2. The first-order chi connectivity index (χ1) is 11.5. The van der Waals surface area contributed by atoms with E-state index in [0.717, 1.165) is 16.1 Å². The summed E-state index contributed by atoms with van der Waals surface area (Å²) >= 11 is 1.54. The van der Waals surface area contributed by atoms with Gasteiger partial charge in [-0.25, -0.2) is 0 Å². The molecule has 0 spiro atoms. The fourth-order valence-electron chi connectivity index (χ4n) is 2.33. The molecule has 0 fully saturated rings. The lowest BCUT2D eigenvalue weighted by molar-refractivity contribution is -0.115. The quantitative estimate of drug-likeness (QED) is 0.746. The van der Waals surface area contributed by atoms with Crippen LogP contribution in [0.25, 0.3) is 10.8 Å². The van der Waals surface area contributed by atoms with Crippen molar-refractivity contribution >= 4 is 22.9 Å². The Labute approximate surface area is 144 Å². The zero-order valence-corrected chi connectivity index (χ0v) is 14.7. The van der Waals surface area contributed by atoms with Crippen LogP contribution in [0.1, 0.15) is 36.8 Å². The number of amides is 1. The Morgan fingerprint density at radius 2 is 2.12 bits per heavy atom. The van der Waals surface area contributed by atoms with Gasteiger partial charge in [-0.1, -0.05) is 26.0 Å². The van der Waals surface area contributed by atoms with E-state index >= 15 is 0 Å². The number of rotatable bonds is 5. The monoisotopic (exact) mass is 341 g/mol. The van der Waals surface area contributed by atoms with Crippen molar-refractivity contribution in [2.75, 3.05) is 5.32 Å². The molecule has 3 rings (SSSR count). The van der Waals surface area contributed by atoms with Gasteiger partial charge < -0.3 is 9.73 Å². The van der Waals surface area contributed by atoms with E-state index in [2.05, 4.69) is 29.4 Å². The maximum Gasteiger partial charge on any atom is 0.258 e. The third-order valence-corrected chi connectivity index (χ3v) is 4.68. The van der Waals surface area contributed by atoms with Crippen LogP contribution in [0.3, 0.4) is 0 Å². The first kappa shape index (κ1) is 16.4. The standard InChI is InChI=1S/C18H19N3O2S/c1-11(2)13-5-4-6-14(9-13)19-15(22)10-16-20-21-18(23-16)17-12(3)7-8-24-17/h4-9,11H,10H2,1-3H3,(H,19,22). The van der Waals surface area contributed by atoms with Gasteiger partial charge in [0.05, 0.1) is 4.88 Å². The average molecular weight is 341 g/mol. The summed E-state index contributed by atoms with van der Waals surface area (Å²) in [6, 6.07) is 9.84. The Morgan fingerprint density at radius 1 is 1.29 bits per heavy atom. The molecule has 0 aliphatic carbocycles. The van der Waals surface area contributed by atoms with Crippen molar-refractivity contribution in [2.45, 2.75) is 33.1 Å². The SMILES string of the molecule is Cc1ccsc1-c1nnc(CC(=O)Nc2cccc(C(C)C)c2)o1. The van der Waals surface area contributed by atoms with E-state index in [9.17, 15) is 4.79 Å². The highest BCUT2D eigenvalue weighted by molar-refractivity contribution is 7.13. The lowest BCUT2D eigenvalue weighted by Gasteiger charge is -2.08. The summed E-state index contributed by atoms with van der Waals surface area (Å²) in [7, 11) is 0. The van der Waals surface area contributed by atoms with E-state index in [1.165, 1.54) is 5.56 Å². The first-order valence-corrected chi connectivity index (χ1v) is 8.67. The van der Waals surface area contributed by atoms with Crippen LogP contribution < -0.4 is 5.32 Å². The molecule has 2 heterocycles. The molecule has 24 heavy (non-hydrogen) atoms. The minimum absolute atomic E-state index is 0.0589. The van der Waals surface area contributed by atoms with Crippen LogP contribution in [-0.2, 0) is 11.2 Å². The molecule has 124 valence electrons. The fourth-order valence-corrected chi connectivity index (χ4v) is 3.17. The number of aromatic nitrogens is 2. The van der Waals surface area contributed by atoms with Gasteiger partial charge >= 0.3 is 0 Å². The second-order valence-corrected chi connectivity index (χ2v) is 6.85. The van der Waals surface area contributed by atoms with E-state index in [-0.39, 0.29) is 12.3 Å². The molecule has 0 aliphatic rings. The number of anilines is 1. The number of carbonyl (C=O) groups is 1. The number of benzene rings is 1. The van der Waals surface area contributed by atoms with Gasteiger partial charge in [-0.05, 0) is 47.5 Å². The van der Waals surface area contributed by atoms with Crippen LogP contribution in [0.15, 0.2) is 40.1 Å². The summed E-state index contributed by atoms with van der Waals surface area (Å²) < 4.78 is 5.61. The fraction of sp³-hybridized carbons (Fsp3) is 0.278. The predicted octanol–water partition coefficient (Wildman–Crippen LogP) is 4.41. The Morgan fingerprint density at radius 3 is 2.83 bits per heavy atom. The molecule has 0 unspecified atom stereocenters. The summed E-state index contributed by atoms with van der Waals surface area (Å²) in [6.45, 7) is 6.23. The van der Waals surface area contributed by atoms with Gasteiger partial charge in [-0.3, -0.25) is 4.79 Å². The molecular formula is C18H19N3O2S. The van der Waals surface area contributed by atoms with Gasteiger partial charge in [0, 0.05) is 5.69 Å². The molecule has 6 heteroatoms. The third kappa shape index (κ3) is 3.71. The van der Waals surface area contributed by atoms with E-state index < -0.39 is 0 Å². The zero-order chi connectivity index (χ0) is 17.1. The minimum atomic E-state index is -0.172. The molecule has 2 aromatic heterocycles. The highest BCUT2D eigenvalue weighted by Crippen LogP contribution is 2.27. The maximum absolute atomic E-state index is 12.2. The van der Waals surface area contributed by atoms with Crippen LogP contribution in [0.2, 0.25) is 0 Å². The van der Waals surface area contributed by atoms with Crippen LogP contribution in [0.5, 0.6) is 0 Å². The Hall–Kier alpha value is -2.47. The Balaban J connectivity index is 1.66. The van der Waals surface area contributed by atoms with Crippen molar-refractivity contribution in [1.29, 1.82) is 0 Å². The summed E-state index contributed by atoms with van der Waals surface area (Å²) in [5.74, 6) is 1.02. The van der Waals surface area contributed by atoms with E-state index in [1.54, 1.807) is 11.3 Å². The normalized spacial score (nSPS) is 11.0. The van der Waals surface area contributed by atoms with Crippen LogP contribution in [0, 0.1) is 6.92 Å². The van der Waals surface area contributed by atoms with E-state index in [0.29, 0.717) is 17.7 Å². The number of thiophene rings is 1. The zero-order valence-electron chi connectivity index (χ0n) is 13.9. The highest BCUT2D eigenvalue weighted by atomic mass is 32.1. The Kier molecular flexibility index (Phi) is 4.76. The number of carbonyl (C=O) groups excluding carboxylic acids is 1. The van der Waals surface area contributed by atoms with Gasteiger partial charge in [0.15, 0.2) is 0 Å². The molecule has 0 saturated heterocycles. The lowest BCUT2D eigenvalue weighted by atomic mass is 10.0. The molecule has 0 saturated carbocycles. The van der Waals surface area contributed by atoms with Gasteiger partial charge in [0.1, 0.15) is 6.42 Å². The number of nitrogens with one attached hydrogen (secondary N) is 1. The minimum Gasteiger partial charge on any atom is -0.419 e. The van der Waals surface area contributed by atoms with Crippen molar-refractivity contribution in [3.8, 4) is 10.8 Å². The maximum atomic E-state index is 12.2. The molecule has 3 aromatic rings. The molecule has 1 amide bonds. The summed E-state index contributed by atoms with van der Waals surface area (Å²) in [5.41, 5.74) is 3.05. The Bertz CT molecular complexity index is 851. The smallest absolute Gasteiger partial charge is 0.258 e. The molecule has 0 atom stereocenters. The molecule has 0 radical (unpaired) electrons. The van der Waals surface area contributed by atoms with Gasteiger partial charge in [0.25, 0.3) is 5.89 Å². The number of hydrogen-bond acceptors (Lipinski definition) is 5. The number of hydrogen-bond donors (Lipinski definition) is 1. The van der Waals surface area contributed by atoms with Gasteiger partial charge in [0.2, 0.25) is 11.8 Å². The molecular weight excluding hydrogens is 322 g/mol. The second kappa shape index (κ2) is 6.97. The lowest BCUT2D eigenvalue weighted by Crippen LogP contribution is -2.14. The van der Waals surface area contributed by atoms with Crippen molar-refractivity contribution < 1.29 is 9.21 Å². The van der Waals surface area contributed by atoms with Crippen LogP contribution in [-0.4, -0.2) is 16.1 Å². The van der Waals surface area contributed by atoms with Crippen molar-refractivity contribution in [2.24, 2.45) is 0 Å². The van der Waals surface area contributed by atoms with E-state index in [1.807, 2.05) is 42.6 Å². The first-order valence-electron chi connectivity index (χ1n) is 7.79. The highest BCUT2D eigenvalue weighted by Gasteiger charge is 2.15. The van der Waals surface area contributed by atoms with Crippen molar-refractivity contribution in [1.82, 2.24) is 10.2 Å².